The first-order valence-electron chi connectivity index (χ1n) is 5.42. The number of nitrogens with one attached hydrogen (secondary N) is 1. The summed E-state index contributed by atoms with van der Waals surface area (Å²) >= 11 is 6.54. The van der Waals surface area contributed by atoms with Crippen LogP contribution in [-0.2, 0) is 0 Å². The van der Waals surface area contributed by atoms with E-state index >= 15 is 0 Å². The van der Waals surface area contributed by atoms with Crippen molar-refractivity contribution in [3.63, 3.8) is 0 Å². The summed E-state index contributed by atoms with van der Waals surface area (Å²) in [5, 5.41) is 2.77. The van der Waals surface area contributed by atoms with E-state index in [0.29, 0.717) is 12.1 Å². The normalized spacial score (nSPS) is 12.2. The fourth-order valence-electron chi connectivity index (χ4n) is 1.39. The zero-order valence-corrected chi connectivity index (χ0v) is 12.6. The molecule has 0 spiro atoms. The number of benzene rings is 1. The first-order valence-corrected chi connectivity index (χ1v) is 7.13. The van der Waals surface area contributed by atoms with Gasteiger partial charge in [-0.2, -0.15) is 0 Å². The smallest absolute Gasteiger partial charge is 0.252 e. The third-order valence-electron chi connectivity index (χ3n) is 2.28. The number of carbonyl (C=O) groups excluding carboxylic acids is 1. The van der Waals surface area contributed by atoms with E-state index in [1.165, 1.54) is 12.1 Å². The van der Waals surface area contributed by atoms with E-state index in [1.807, 2.05) is 0 Å². The van der Waals surface area contributed by atoms with Crippen LogP contribution in [0, 0.1) is 5.82 Å². The minimum atomic E-state index is -0.429. The maximum atomic E-state index is 13.2. The largest absolute Gasteiger partial charge is 0.351 e. The van der Waals surface area contributed by atoms with Crippen molar-refractivity contribution in [1.29, 1.82) is 0 Å². The summed E-state index contributed by atoms with van der Waals surface area (Å²) in [6, 6.07) is 4.42. The molecule has 1 amide bonds. The highest BCUT2D eigenvalue weighted by molar-refractivity contribution is 9.10. The van der Waals surface area contributed by atoms with E-state index < -0.39 is 5.82 Å². The summed E-state index contributed by atoms with van der Waals surface area (Å²) in [5.41, 5.74) is 0.321. The van der Waals surface area contributed by atoms with E-state index in [4.69, 9.17) is 0 Å². The Morgan fingerprint density at radius 3 is 2.88 bits per heavy atom. The van der Waals surface area contributed by atoms with Crippen molar-refractivity contribution in [3.8, 4) is 0 Å². The molecule has 1 atom stereocenters. The van der Waals surface area contributed by atoms with Gasteiger partial charge in [-0.3, -0.25) is 4.79 Å². The number of hydrogen-bond donors (Lipinski definition) is 1. The second-order valence-corrected chi connectivity index (χ2v) is 5.79. The molecule has 17 heavy (non-hydrogen) atoms. The Balaban J connectivity index is 2.61. The number of alkyl halides is 1. The third kappa shape index (κ3) is 4.39. The number of amides is 1. The maximum Gasteiger partial charge on any atom is 0.252 e. The molecule has 2 nitrogen and oxygen atoms in total. The van der Waals surface area contributed by atoms with Gasteiger partial charge in [0.2, 0.25) is 0 Å². The number of carbonyl (C=O) groups is 1. The van der Waals surface area contributed by atoms with Crippen molar-refractivity contribution < 1.29 is 9.18 Å². The third-order valence-corrected chi connectivity index (χ3v) is 3.87. The molecule has 5 heteroatoms. The Labute approximate surface area is 117 Å². The summed E-state index contributed by atoms with van der Waals surface area (Å²) in [7, 11) is 0. The molecule has 0 fully saturated rings. The molecule has 0 radical (unpaired) electrons. The summed E-state index contributed by atoms with van der Waals surface area (Å²) in [6.07, 6.45) is 2.04. The van der Waals surface area contributed by atoms with Crippen LogP contribution in [0.25, 0.3) is 0 Å². The van der Waals surface area contributed by atoms with E-state index in [0.717, 1.165) is 12.8 Å². The molecule has 0 saturated heterocycles. The van der Waals surface area contributed by atoms with Crippen molar-refractivity contribution in [1.82, 2.24) is 5.32 Å². The number of hydrogen-bond acceptors (Lipinski definition) is 1. The van der Waals surface area contributed by atoms with Crippen LogP contribution in [0.4, 0.5) is 4.39 Å². The predicted molar refractivity (Wildman–Crippen MR) is 74.1 cm³/mol. The fraction of sp³-hybridized carbons (Fsp3) is 0.417. The van der Waals surface area contributed by atoms with Crippen molar-refractivity contribution in [2.24, 2.45) is 0 Å². The van der Waals surface area contributed by atoms with Gasteiger partial charge in [-0.05, 0) is 34.5 Å². The lowest BCUT2D eigenvalue weighted by Gasteiger charge is -2.11. The van der Waals surface area contributed by atoms with Crippen molar-refractivity contribution in [2.75, 3.05) is 6.54 Å². The molecule has 0 aromatic heterocycles. The highest BCUT2D eigenvalue weighted by Crippen LogP contribution is 2.20. The fourth-order valence-corrected chi connectivity index (χ4v) is 2.46. The molecule has 0 aliphatic heterocycles. The van der Waals surface area contributed by atoms with Gasteiger partial charge in [0.05, 0.1) is 10.0 Å². The van der Waals surface area contributed by atoms with Crippen LogP contribution in [0.1, 0.15) is 30.1 Å². The summed E-state index contributed by atoms with van der Waals surface area (Å²) in [5.74, 6) is -0.696. The first kappa shape index (κ1) is 14.6. The van der Waals surface area contributed by atoms with Gasteiger partial charge >= 0.3 is 0 Å². The van der Waals surface area contributed by atoms with Gasteiger partial charge in [0.15, 0.2) is 0 Å². The van der Waals surface area contributed by atoms with Crippen LogP contribution in [-0.4, -0.2) is 17.3 Å². The molecular weight excluding hydrogens is 353 g/mol. The maximum absolute atomic E-state index is 13.2. The van der Waals surface area contributed by atoms with Gasteiger partial charge in [-0.1, -0.05) is 35.3 Å². The predicted octanol–water partition coefficient (Wildman–Crippen LogP) is 3.88. The monoisotopic (exact) mass is 365 g/mol. The number of rotatable bonds is 5. The molecule has 0 heterocycles. The number of halogens is 3. The van der Waals surface area contributed by atoms with Crippen molar-refractivity contribution >= 4 is 37.8 Å². The highest BCUT2D eigenvalue weighted by atomic mass is 79.9. The van der Waals surface area contributed by atoms with Crippen LogP contribution >= 0.6 is 31.9 Å². The lowest BCUT2D eigenvalue weighted by atomic mass is 10.2. The Morgan fingerprint density at radius 1 is 1.53 bits per heavy atom. The van der Waals surface area contributed by atoms with Gasteiger partial charge in [-0.25, -0.2) is 4.39 Å². The zero-order valence-electron chi connectivity index (χ0n) is 9.47. The van der Waals surface area contributed by atoms with Gasteiger partial charge in [0.1, 0.15) is 5.82 Å². The van der Waals surface area contributed by atoms with E-state index in [-0.39, 0.29) is 15.2 Å². The first-order chi connectivity index (χ1) is 8.06. The van der Waals surface area contributed by atoms with Crippen LogP contribution in [0.15, 0.2) is 22.7 Å². The summed E-state index contributed by atoms with van der Waals surface area (Å²) < 4.78 is 13.4. The SMILES string of the molecule is CCCC(Br)CNC(=O)c1cccc(F)c1Br. The minimum absolute atomic E-state index is 0.208. The van der Waals surface area contributed by atoms with Crippen molar-refractivity contribution in [3.05, 3.63) is 34.1 Å². The van der Waals surface area contributed by atoms with Gasteiger partial charge in [-0.15, -0.1) is 0 Å². The van der Waals surface area contributed by atoms with Gasteiger partial charge < -0.3 is 5.32 Å². The minimum Gasteiger partial charge on any atom is -0.351 e. The standard InChI is InChI=1S/C12H14Br2FNO/c1-2-4-8(13)7-16-12(17)9-5-3-6-10(15)11(9)14/h3,5-6,8H,2,4,7H2,1H3,(H,16,17). The molecule has 94 valence electrons. The second kappa shape index (κ2) is 7.11. The van der Waals surface area contributed by atoms with Gasteiger partial charge in [0.25, 0.3) is 5.91 Å². The van der Waals surface area contributed by atoms with E-state index in [1.54, 1.807) is 6.07 Å². The highest BCUT2D eigenvalue weighted by Gasteiger charge is 2.13. The topological polar surface area (TPSA) is 29.1 Å². The van der Waals surface area contributed by atoms with Crippen LogP contribution in [0.3, 0.4) is 0 Å². The zero-order chi connectivity index (χ0) is 12.8. The Kier molecular flexibility index (Phi) is 6.12. The molecule has 0 bridgehead atoms. The lowest BCUT2D eigenvalue weighted by molar-refractivity contribution is 0.0952. The van der Waals surface area contributed by atoms with Crippen molar-refractivity contribution in [2.45, 2.75) is 24.6 Å². The second-order valence-electron chi connectivity index (χ2n) is 3.70. The van der Waals surface area contributed by atoms with Crippen LogP contribution < -0.4 is 5.32 Å². The molecule has 0 aliphatic carbocycles. The Morgan fingerprint density at radius 2 is 2.24 bits per heavy atom. The van der Waals surface area contributed by atoms with E-state index in [2.05, 4.69) is 44.1 Å². The average Bonchev–Trinajstić information content (AvgIpc) is 2.30. The Bertz CT molecular complexity index is 398. The van der Waals surface area contributed by atoms with Gasteiger partial charge in [0, 0.05) is 11.4 Å². The molecule has 0 saturated carbocycles. The average molecular weight is 367 g/mol. The van der Waals surface area contributed by atoms with E-state index in [9.17, 15) is 9.18 Å². The summed E-state index contributed by atoms with van der Waals surface area (Å²) in [6.45, 7) is 2.62. The molecular formula is C12H14Br2FNO. The molecule has 1 N–H and O–H groups in total. The van der Waals surface area contributed by atoms with Crippen LogP contribution in [0.2, 0.25) is 0 Å². The molecule has 1 aromatic carbocycles. The quantitative estimate of drug-likeness (QED) is 0.787. The molecule has 1 aromatic rings. The molecule has 0 aliphatic rings. The molecule has 1 rings (SSSR count). The Hall–Kier alpha value is -0.420. The molecule has 1 unspecified atom stereocenters. The summed E-state index contributed by atoms with van der Waals surface area (Å²) in [4.78, 5) is 12.1. The van der Waals surface area contributed by atoms with Crippen LogP contribution in [0.5, 0.6) is 0 Å². The lowest BCUT2D eigenvalue weighted by Crippen LogP contribution is -2.29.